The third-order valence-electron chi connectivity index (χ3n) is 7.42. The minimum absolute atomic E-state index is 0.0495. The molecular formula is C27H33ClN2O5S. The molecule has 1 aromatic rings. The van der Waals surface area contributed by atoms with Crippen LogP contribution in [0.3, 0.4) is 0 Å². The van der Waals surface area contributed by atoms with Gasteiger partial charge in [-0.25, -0.2) is 0 Å². The number of thioether (sulfide) groups is 1. The van der Waals surface area contributed by atoms with Crippen LogP contribution in [0.2, 0.25) is 5.02 Å². The Morgan fingerprint density at radius 1 is 1.22 bits per heavy atom. The summed E-state index contributed by atoms with van der Waals surface area (Å²) in [7, 11) is 0. The maximum Gasteiger partial charge on any atom is 0.311 e. The van der Waals surface area contributed by atoms with Gasteiger partial charge in [0.05, 0.1) is 16.6 Å². The number of hydrogen-bond acceptors (Lipinski definition) is 6. The molecule has 36 heavy (non-hydrogen) atoms. The van der Waals surface area contributed by atoms with E-state index >= 15 is 0 Å². The molecule has 3 aliphatic heterocycles. The number of esters is 1. The number of likely N-dealkylation sites (tertiary alicyclic amines) is 1. The van der Waals surface area contributed by atoms with E-state index in [9.17, 15) is 19.5 Å². The van der Waals surface area contributed by atoms with Crippen molar-refractivity contribution in [3.8, 4) is 0 Å². The summed E-state index contributed by atoms with van der Waals surface area (Å²) in [5, 5.41) is 9.70. The molecule has 5 atom stereocenters. The van der Waals surface area contributed by atoms with Crippen LogP contribution in [0.4, 0.5) is 5.69 Å². The molecule has 3 aliphatic rings. The first-order valence-corrected chi connectivity index (χ1v) is 13.7. The van der Waals surface area contributed by atoms with Gasteiger partial charge < -0.3 is 19.6 Å². The van der Waals surface area contributed by atoms with E-state index in [1.54, 1.807) is 51.9 Å². The molecule has 3 heterocycles. The first-order chi connectivity index (χ1) is 17.4. The van der Waals surface area contributed by atoms with Crippen molar-refractivity contribution in [1.82, 2.24) is 4.90 Å². The average molecular weight is 533 g/mol. The predicted octanol–water partition coefficient (Wildman–Crippen LogP) is 3.84. The molecule has 4 rings (SSSR count). The number of carbonyl (C=O) groups is 3. The third-order valence-corrected chi connectivity index (χ3v) is 9.63. The number of anilines is 1. The van der Waals surface area contributed by atoms with Gasteiger partial charge in [-0.2, -0.15) is 0 Å². The molecule has 1 aromatic carbocycles. The van der Waals surface area contributed by atoms with Crippen molar-refractivity contribution in [3.05, 3.63) is 54.6 Å². The SMILES string of the molecule is C=CCOC(=O)[C@@H]1[C@H]2C(=O)N(CCCCCO)C(C(=O)N(CC=C)c3ccc(Cl)cc3)C23CC[C@H]1S3. The van der Waals surface area contributed by atoms with Crippen LogP contribution in [-0.4, -0.2) is 70.1 Å². The van der Waals surface area contributed by atoms with E-state index in [4.69, 9.17) is 16.3 Å². The minimum Gasteiger partial charge on any atom is -0.461 e. The number of fused-ring (bicyclic) bond motifs is 1. The zero-order valence-corrected chi connectivity index (χ0v) is 21.9. The van der Waals surface area contributed by atoms with Crippen LogP contribution in [0.5, 0.6) is 0 Å². The van der Waals surface area contributed by atoms with E-state index in [2.05, 4.69) is 13.2 Å². The van der Waals surface area contributed by atoms with Gasteiger partial charge in [-0.15, -0.1) is 18.3 Å². The number of nitrogens with zero attached hydrogens (tertiary/aromatic N) is 2. The van der Waals surface area contributed by atoms with Crippen LogP contribution < -0.4 is 4.90 Å². The number of amides is 2. The molecule has 0 aliphatic carbocycles. The first-order valence-electron chi connectivity index (χ1n) is 12.4. The number of carbonyl (C=O) groups excluding carboxylic acids is 3. The monoisotopic (exact) mass is 532 g/mol. The van der Waals surface area contributed by atoms with Crippen LogP contribution >= 0.6 is 23.4 Å². The van der Waals surface area contributed by atoms with Crippen molar-refractivity contribution in [3.63, 3.8) is 0 Å². The van der Waals surface area contributed by atoms with Gasteiger partial charge in [-0.05, 0) is 56.4 Å². The lowest BCUT2D eigenvalue weighted by Gasteiger charge is -2.37. The van der Waals surface area contributed by atoms with Crippen molar-refractivity contribution >= 4 is 46.8 Å². The molecule has 194 valence electrons. The summed E-state index contributed by atoms with van der Waals surface area (Å²) in [5.41, 5.74) is 0.677. The molecule has 2 bridgehead atoms. The highest BCUT2D eigenvalue weighted by Gasteiger charge is 2.74. The molecule has 0 aromatic heterocycles. The van der Waals surface area contributed by atoms with Gasteiger partial charge in [0.25, 0.3) is 5.91 Å². The van der Waals surface area contributed by atoms with Crippen molar-refractivity contribution < 1.29 is 24.2 Å². The molecular weight excluding hydrogens is 500 g/mol. The lowest BCUT2D eigenvalue weighted by Crippen LogP contribution is -2.55. The Morgan fingerprint density at radius 3 is 2.64 bits per heavy atom. The first kappa shape index (κ1) is 26.8. The quantitative estimate of drug-likeness (QED) is 0.250. The van der Waals surface area contributed by atoms with E-state index < -0.39 is 22.6 Å². The zero-order valence-electron chi connectivity index (χ0n) is 20.3. The zero-order chi connectivity index (χ0) is 25.9. The Kier molecular flexibility index (Phi) is 8.48. The lowest BCUT2D eigenvalue weighted by atomic mass is 9.71. The third kappa shape index (κ3) is 4.71. The van der Waals surface area contributed by atoms with E-state index in [0.717, 1.165) is 12.8 Å². The fourth-order valence-electron chi connectivity index (χ4n) is 5.97. The van der Waals surface area contributed by atoms with Gasteiger partial charge in [0.15, 0.2) is 0 Å². The van der Waals surface area contributed by atoms with Crippen LogP contribution in [-0.2, 0) is 19.1 Å². The number of aliphatic hydroxyl groups is 1. The molecule has 9 heteroatoms. The van der Waals surface area contributed by atoms with Crippen molar-refractivity contribution in [2.75, 3.05) is 31.2 Å². The van der Waals surface area contributed by atoms with E-state index in [1.165, 1.54) is 6.08 Å². The fourth-order valence-corrected chi connectivity index (χ4v) is 8.30. The van der Waals surface area contributed by atoms with Crippen molar-refractivity contribution in [1.29, 1.82) is 0 Å². The van der Waals surface area contributed by atoms with Crippen LogP contribution in [0.25, 0.3) is 0 Å². The number of ether oxygens (including phenoxy) is 1. The Bertz CT molecular complexity index is 1020. The summed E-state index contributed by atoms with van der Waals surface area (Å²) in [4.78, 5) is 44.6. The summed E-state index contributed by atoms with van der Waals surface area (Å²) in [5.74, 6) is -1.88. The number of aliphatic hydroxyl groups excluding tert-OH is 1. The smallest absolute Gasteiger partial charge is 0.311 e. The second-order valence-electron chi connectivity index (χ2n) is 9.50. The van der Waals surface area contributed by atoms with E-state index in [1.807, 2.05) is 0 Å². The summed E-state index contributed by atoms with van der Waals surface area (Å²) in [6.45, 7) is 8.31. The number of hydrogen-bond donors (Lipinski definition) is 1. The van der Waals surface area contributed by atoms with Gasteiger partial charge in [0, 0.05) is 35.7 Å². The van der Waals surface area contributed by atoms with Crippen molar-refractivity contribution in [2.24, 2.45) is 11.8 Å². The normalized spacial score (nSPS) is 28.2. The van der Waals surface area contributed by atoms with Crippen molar-refractivity contribution in [2.45, 2.75) is 48.1 Å². The van der Waals surface area contributed by atoms with E-state index in [-0.39, 0.29) is 42.8 Å². The topological polar surface area (TPSA) is 87.1 Å². The van der Waals surface area contributed by atoms with Crippen LogP contribution in [0, 0.1) is 11.8 Å². The minimum atomic E-state index is -0.702. The number of benzene rings is 1. The van der Waals surface area contributed by atoms with Gasteiger partial charge in [-0.3, -0.25) is 14.4 Å². The van der Waals surface area contributed by atoms with E-state index in [0.29, 0.717) is 36.5 Å². The summed E-state index contributed by atoms with van der Waals surface area (Å²) < 4.78 is 4.72. The molecule has 0 saturated carbocycles. The van der Waals surface area contributed by atoms with Crippen LogP contribution in [0.15, 0.2) is 49.6 Å². The molecule has 3 saturated heterocycles. The summed E-state index contributed by atoms with van der Waals surface area (Å²) in [6, 6.07) is 6.34. The summed E-state index contributed by atoms with van der Waals surface area (Å²) >= 11 is 7.70. The molecule has 0 radical (unpaired) electrons. The van der Waals surface area contributed by atoms with Gasteiger partial charge in [0.2, 0.25) is 5.91 Å². The molecule has 2 amide bonds. The maximum absolute atomic E-state index is 14.3. The Balaban J connectivity index is 1.71. The molecule has 1 spiro atoms. The predicted molar refractivity (Wildman–Crippen MR) is 142 cm³/mol. The standard InChI is InChI=1S/C27H33ClN2O5S/c1-3-14-29(19-10-8-18(28)9-11-19)25(33)23-27-13-12-20(36-27)21(26(34)35-17-4-2)22(27)24(32)30(23)15-6-5-7-16-31/h3-4,8-11,20-23,31H,1-2,5-7,12-17H2/t20-,21+,22+,23?,27?/m1/s1. The second-order valence-corrected chi connectivity index (χ2v) is 11.5. The lowest BCUT2D eigenvalue weighted by molar-refractivity contribution is -0.153. The fraction of sp³-hybridized carbons (Fsp3) is 0.519. The molecule has 3 fully saturated rings. The highest BCUT2D eigenvalue weighted by Crippen LogP contribution is 2.66. The molecule has 1 N–H and O–H groups in total. The summed E-state index contributed by atoms with van der Waals surface area (Å²) in [6.07, 6.45) is 6.68. The average Bonchev–Trinajstić information content (AvgIpc) is 3.51. The number of halogens is 1. The van der Waals surface area contributed by atoms with Gasteiger partial charge >= 0.3 is 5.97 Å². The maximum atomic E-state index is 14.3. The van der Waals surface area contributed by atoms with Gasteiger partial charge in [0.1, 0.15) is 12.6 Å². The number of unbranched alkanes of at least 4 members (excludes halogenated alkanes) is 2. The van der Waals surface area contributed by atoms with Gasteiger partial charge in [-0.1, -0.05) is 30.3 Å². The molecule has 2 unspecified atom stereocenters. The Labute approximate surface area is 221 Å². The Hall–Kier alpha value is -2.29. The second kappa shape index (κ2) is 11.4. The largest absolute Gasteiger partial charge is 0.461 e. The van der Waals surface area contributed by atoms with Crippen LogP contribution in [0.1, 0.15) is 32.1 Å². The molecule has 7 nitrogen and oxygen atoms in total. The number of rotatable bonds is 12. The highest BCUT2D eigenvalue weighted by atomic mass is 35.5. The highest BCUT2D eigenvalue weighted by molar-refractivity contribution is 8.02. The Morgan fingerprint density at radius 2 is 1.97 bits per heavy atom.